The molecule has 1 saturated heterocycles. The first-order chi connectivity index (χ1) is 10.3. The van der Waals surface area contributed by atoms with Crippen molar-refractivity contribution in [2.45, 2.75) is 51.2 Å². The van der Waals surface area contributed by atoms with Gasteiger partial charge in [-0.2, -0.15) is 0 Å². The Balaban J connectivity index is 1.58. The highest BCUT2D eigenvalue weighted by Crippen LogP contribution is 2.36. The van der Waals surface area contributed by atoms with E-state index in [1.807, 2.05) is 6.20 Å². The summed E-state index contributed by atoms with van der Waals surface area (Å²) in [5.74, 6) is 1.71. The van der Waals surface area contributed by atoms with Crippen LogP contribution in [0.25, 0.3) is 11.0 Å². The molecule has 2 aliphatic rings. The summed E-state index contributed by atoms with van der Waals surface area (Å²) in [6.45, 7) is 3.11. The lowest BCUT2D eigenvalue weighted by Gasteiger charge is -2.31. The third kappa shape index (κ3) is 2.29. The van der Waals surface area contributed by atoms with E-state index in [-0.39, 0.29) is 0 Å². The molecule has 1 aliphatic heterocycles. The summed E-state index contributed by atoms with van der Waals surface area (Å²) in [5.41, 5.74) is 2.22. The molecule has 5 heteroatoms. The third-order valence-corrected chi connectivity index (χ3v) is 5.01. The number of aromatic nitrogens is 3. The number of nitrogens with zero attached hydrogens (tertiary/aromatic N) is 2. The Labute approximate surface area is 124 Å². The van der Waals surface area contributed by atoms with Crippen LogP contribution in [0, 0.1) is 5.92 Å². The number of aryl methyl sites for hydroxylation is 1. The van der Waals surface area contributed by atoms with Crippen molar-refractivity contribution in [1.82, 2.24) is 15.0 Å². The van der Waals surface area contributed by atoms with E-state index >= 15 is 0 Å². The van der Waals surface area contributed by atoms with Crippen LogP contribution in [0.15, 0.2) is 12.5 Å². The molecule has 0 radical (unpaired) electrons. The zero-order chi connectivity index (χ0) is 14.2. The lowest BCUT2D eigenvalue weighted by atomic mass is 9.83. The van der Waals surface area contributed by atoms with Crippen molar-refractivity contribution < 1.29 is 4.74 Å². The van der Waals surface area contributed by atoms with E-state index in [2.05, 4.69) is 27.2 Å². The highest BCUT2D eigenvalue weighted by Gasteiger charge is 2.35. The van der Waals surface area contributed by atoms with Crippen molar-refractivity contribution in [2.75, 3.05) is 11.9 Å². The van der Waals surface area contributed by atoms with Gasteiger partial charge in [-0.15, -0.1) is 0 Å². The van der Waals surface area contributed by atoms with Crippen molar-refractivity contribution in [1.29, 1.82) is 0 Å². The minimum absolute atomic E-state index is 0.505. The van der Waals surface area contributed by atoms with Crippen LogP contribution in [0.5, 0.6) is 0 Å². The second kappa shape index (κ2) is 5.30. The maximum atomic E-state index is 5.79. The fraction of sp³-hybridized carbons (Fsp3) is 0.625. The molecule has 0 bridgehead atoms. The van der Waals surface area contributed by atoms with Crippen LogP contribution < -0.4 is 5.32 Å². The average Bonchev–Trinajstić information content (AvgIpc) is 3.13. The standard InChI is InChI=1S/C16H22N4O/c1-2-10-8-17-15-14(10)16(19-9-18-15)20-12-3-4-13-11(7-12)5-6-21-13/h8-9,11-13H,2-7H2,1H3,(H2,17,18,19,20). The lowest BCUT2D eigenvalue weighted by molar-refractivity contribution is 0.0634. The largest absolute Gasteiger partial charge is 0.378 e. The Morgan fingerprint density at radius 3 is 3.19 bits per heavy atom. The topological polar surface area (TPSA) is 62.8 Å². The third-order valence-electron chi connectivity index (χ3n) is 5.01. The number of rotatable bonds is 3. The van der Waals surface area contributed by atoms with Gasteiger partial charge in [0.25, 0.3) is 0 Å². The summed E-state index contributed by atoms with van der Waals surface area (Å²) in [6, 6.07) is 0.505. The second-order valence-corrected chi connectivity index (χ2v) is 6.23. The minimum Gasteiger partial charge on any atom is -0.378 e. The maximum Gasteiger partial charge on any atom is 0.143 e. The van der Waals surface area contributed by atoms with Crippen LogP contribution >= 0.6 is 0 Å². The zero-order valence-corrected chi connectivity index (χ0v) is 12.4. The highest BCUT2D eigenvalue weighted by molar-refractivity contribution is 5.90. The number of aromatic amines is 1. The van der Waals surface area contributed by atoms with E-state index < -0.39 is 0 Å². The van der Waals surface area contributed by atoms with E-state index in [4.69, 9.17) is 4.74 Å². The average molecular weight is 286 g/mol. The first-order valence-electron chi connectivity index (χ1n) is 8.04. The molecule has 2 N–H and O–H groups in total. The normalized spacial score (nSPS) is 28.7. The predicted molar refractivity (Wildman–Crippen MR) is 82.4 cm³/mol. The Hall–Kier alpha value is -1.62. The van der Waals surface area contributed by atoms with Gasteiger partial charge in [0.1, 0.15) is 17.8 Å². The number of hydrogen-bond donors (Lipinski definition) is 2. The molecule has 3 heterocycles. The maximum absolute atomic E-state index is 5.79. The minimum atomic E-state index is 0.505. The number of hydrogen-bond acceptors (Lipinski definition) is 4. The van der Waals surface area contributed by atoms with E-state index in [0.717, 1.165) is 35.8 Å². The van der Waals surface area contributed by atoms with E-state index in [9.17, 15) is 0 Å². The van der Waals surface area contributed by atoms with E-state index in [0.29, 0.717) is 12.1 Å². The van der Waals surface area contributed by atoms with Gasteiger partial charge in [-0.05, 0) is 43.6 Å². The van der Waals surface area contributed by atoms with Gasteiger partial charge < -0.3 is 15.0 Å². The smallest absolute Gasteiger partial charge is 0.143 e. The van der Waals surface area contributed by atoms with Gasteiger partial charge in [0.2, 0.25) is 0 Å². The second-order valence-electron chi connectivity index (χ2n) is 6.23. The van der Waals surface area contributed by atoms with E-state index in [1.54, 1.807) is 6.33 Å². The molecule has 1 aliphatic carbocycles. The Morgan fingerprint density at radius 2 is 2.29 bits per heavy atom. The number of ether oxygens (including phenoxy) is 1. The molecule has 2 aromatic heterocycles. The van der Waals surface area contributed by atoms with Gasteiger partial charge in [-0.25, -0.2) is 9.97 Å². The molecule has 21 heavy (non-hydrogen) atoms. The number of nitrogens with one attached hydrogen (secondary N) is 2. The molecular formula is C16H22N4O. The fourth-order valence-electron chi connectivity index (χ4n) is 3.87. The summed E-state index contributed by atoms with van der Waals surface area (Å²) in [7, 11) is 0. The molecule has 2 aromatic rings. The van der Waals surface area contributed by atoms with Crippen molar-refractivity contribution in [3.8, 4) is 0 Å². The first-order valence-corrected chi connectivity index (χ1v) is 8.04. The molecule has 5 nitrogen and oxygen atoms in total. The predicted octanol–water partition coefficient (Wildman–Crippen LogP) is 2.89. The molecule has 1 saturated carbocycles. The Morgan fingerprint density at radius 1 is 1.33 bits per heavy atom. The molecule has 0 amide bonds. The summed E-state index contributed by atoms with van der Waals surface area (Å²) in [6.07, 6.45) is 9.94. The van der Waals surface area contributed by atoms with Crippen molar-refractivity contribution in [3.63, 3.8) is 0 Å². The SMILES string of the molecule is CCc1c[nH]c2ncnc(NC3CCC4OCCC4C3)c12. The number of anilines is 1. The molecule has 3 atom stereocenters. The monoisotopic (exact) mass is 286 g/mol. The molecule has 4 rings (SSSR count). The number of fused-ring (bicyclic) bond motifs is 2. The quantitative estimate of drug-likeness (QED) is 0.910. The molecule has 0 spiro atoms. The van der Waals surface area contributed by atoms with Gasteiger partial charge >= 0.3 is 0 Å². The van der Waals surface area contributed by atoms with Crippen LogP contribution in [0.4, 0.5) is 5.82 Å². The van der Waals surface area contributed by atoms with Crippen LogP contribution in [-0.2, 0) is 11.2 Å². The molecule has 0 aromatic carbocycles. The Bertz CT molecular complexity index is 638. The van der Waals surface area contributed by atoms with Crippen LogP contribution in [-0.4, -0.2) is 33.7 Å². The molecular weight excluding hydrogens is 264 g/mol. The van der Waals surface area contributed by atoms with Gasteiger partial charge in [-0.3, -0.25) is 0 Å². The van der Waals surface area contributed by atoms with Gasteiger partial charge in [-0.1, -0.05) is 6.92 Å². The summed E-state index contributed by atoms with van der Waals surface area (Å²) < 4.78 is 5.79. The van der Waals surface area contributed by atoms with E-state index in [1.165, 1.54) is 31.2 Å². The first kappa shape index (κ1) is 13.1. The van der Waals surface area contributed by atoms with Gasteiger partial charge in [0.05, 0.1) is 11.5 Å². The highest BCUT2D eigenvalue weighted by atomic mass is 16.5. The summed E-state index contributed by atoms with van der Waals surface area (Å²) >= 11 is 0. The molecule has 112 valence electrons. The molecule has 3 unspecified atom stereocenters. The fourth-order valence-corrected chi connectivity index (χ4v) is 3.87. The Kier molecular flexibility index (Phi) is 3.30. The van der Waals surface area contributed by atoms with Crippen LogP contribution in [0.2, 0.25) is 0 Å². The van der Waals surface area contributed by atoms with Crippen LogP contribution in [0.1, 0.15) is 38.2 Å². The summed E-state index contributed by atoms with van der Waals surface area (Å²) in [4.78, 5) is 12.1. The lowest BCUT2D eigenvalue weighted by Crippen LogP contribution is -2.33. The summed E-state index contributed by atoms with van der Waals surface area (Å²) in [5, 5.41) is 4.83. The zero-order valence-electron chi connectivity index (χ0n) is 12.4. The van der Waals surface area contributed by atoms with Crippen molar-refractivity contribution >= 4 is 16.9 Å². The number of H-pyrrole nitrogens is 1. The molecule has 2 fully saturated rings. The van der Waals surface area contributed by atoms with Gasteiger partial charge in [0.15, 0.2) is 0 Å². The van der Waals surface area contributed by atoms with Crippen molar-refractivity contribution in [2.24, 2.45) is 5.92 Å². The van der Waals surface area contributed by atoms with Crippen molar-refractivity contribution in [3.05, 3.63) is 18.1 Å². The van der Waals surface area contributed by atoms with Gasteiger partial charge in [0, 0.05) is 18.8 Å². The van der Waals surface area contributed by atoms with Crippen LogP contribution in [0.3, 0.4) is 0 Å².